The van der Waals surface area contributed by atoms with Gasteiger partial charge in [-0.05, 0) is 0 Å². The second kappa shape index (κ2) is 11.9. The maximum Gasteiger partial charge on any atom is 0.472 e. The van der Waals surface area contributed by atoms with Gasteiger partial charge >= 0.3 is 14.6 Å². The minimum atomic E-state index is -5.03. The minimum absolute atomic E-state index is 0.0361. The molecule has 0 radical (unpaired) electrons. The van der Waals surface area contributed by atoms with E-state index in [1.54, 1.807) is 0 Å². The number of nitrogens with two attached hydrogens (primary N) is 1. The fraction of sp³-hybridized carbons (Fsp3) is 0.522. The summed E-state index contributed by atoms with van der Waals surface area (Å²) in [6, 6.07) is 0. The molecular formula is C23H26F2N8O11P2S. The summed E-state index contributed by atoms with van der Waals surface area (Å²) in [6.07, 6.45) is -8.85. The summed E-state index contributed by atoms with van der Waals surface area (Å²) in [4.78, 5) is 39.3. The molecule has 0 aromatic carbocycles. The molecule has 0 saturated carbocycles. The van der Waals surface area contributed by atoms with Gasteiger partial charge in [-0.2, -0.15) is 0 Å². The quantitative estimate of drug-likeness (QED) is 0.168. The van der Waals surface area contributed by atoms with E-state index < -0.39 is 93.7 Å². The summed E-state index contributed by atoms with van der Waals surface area (Å²) in [5.74, 6) is -0.952. The van der Waals surface area contributed by atoms with Crippen molar-refractivity contribution in [1.82, 2.24) is 33.6 Å². The largest absolute Gasteiger partial charge is 0.472 e. The first-order valence-electron chi connectivity index (χ1n) is 13.8. The molecular weight excluding hydrogens is 696 g/mol. The van der Waals surface area contributed by atoms with Crippen molar-refractivity contribution in [1.29, 1.82) is 0 Å². The number of rotatable bonds is 2. The summed E-state index contributed by atoms with van der Waals surface area (Å²) >= 11 is 3.99. The monoisotopic (exact) mass is 722 g/mol. The maximum atomic E-state index is 16.0. The van der Waals surface area contributed by atoms with Crippen LogP contribution in [0.15, 0.2) is 30.0 Å². The van der Waals surface area contributed by atoms with E-state index in [0.717, 1.165) is 28.0 Å². The van der Waals surface area contributed by atoms with Gasteiger partial charge in [-0.15, -0.1) is 0 Å². The second-order valence-electron chi connectivity index (χ2n) is 10.9. The number of ether oxygens (including phenoxy) is 2. The number of hydrogen-bond donors (Lipinski definition) is 4. The SMILES string of the molecule is Cn1cnc2c(c(F)cn2[C@@H]2O[C@@H]3COP(=O)(S)O[C@H]4[C@@H](F)[C@H](n5cnc6c(N)ncnc65)O[C@@H]4CCOP(=O)(O)O[C@@H]2[C@@H]3O)c1=O. The Morgan fingerprint density at radius 3 is 2.57 bits per heavy atom. The molecule has 4 aromatic rings. The van der Waals surface area contributed by atoms with E-state index in [4.69, 9.17) is 33.3 Å². The van der Waals surface area contributed by atoms with E-state index >= 15 is 4.39 Å². The van der Waals surface area contributed by atoms with Crippen molar-refractivity contribution in [3.8, 4) is 0 Å². The number of nitrogen functional groups attached to an aromatic ring is 1. The summed E-state index contributed by atoms with van der Waals surface area (Å²) in [5.41, 5.74) is 5.19. The van der Waals surface area contributed by atoms with Crippen molar-refractivity contribution in [2.75, 3.05) is 18.9 Å². The second-order valence-corrected chi connectivity index (χ2v) is 15.2. The van der Waals surface area contributed by atoms with E-state index in [0.29, 0.717) is 0 Å². The highest BCUT2D eigenvalue weighted by molar-refractivity contribution is 8.44. The number of halogens is 2. The zero-order valence-electron chi connectivity index (χ0n) is 23.9. The molecule has 2 unspecified atom stereocenters. The first kappa shape index (κ1) is 32.7. The molecule has 254 valence electrons. The van der Waals surface area contributed by atoms with Crippen LogP contribution in [0.25, 0.3) is 22.2 Å². The smallest absolute Gasteiger partial charge is 0.387 e. The van der Waals surface area contributed by atoms with Gasteiger partial charge in [0.1, 0.15) is 41.6 Å². The Hall–Kier alpha value is -2.88. The highest BCUT2D eigenvalue weighted by atomic mass is 32.7. The third kappa shape index (κ3) is 5.80. The van der Waals surface area contributed by atoms with Gasteiger partial charge in [0.2, 0.25) is 0 Å². The lowest BCUT2D eigenvalue weighted by Crippen LogP contribution is -2.36. The number of aliphatic hydroxyl groups is 1. The first-order chi connectivity index (χ1) is 22.2. The number of anilines is 1. The molecule has 4 aromatic heterocycles. The Balaban J connectivity index is 1.19. The fourth-order valence-corrected chi connectivity index (χ4v) is 8.14. The number of hydrogen-bond acceptors (Lipinski definition) is 15. The lowest BCUT2D eigenvalue weighted by Gasteiger charge is -2.26. The highest BCUT2D eigenvalue weighted by Crippen LogP contribution is 2.58. The number of alkyl halides is 1. The van der Waals surface area contributed by atoms with Crippen LogP contribution in [0.4, 0.5) is 14.6 Å². The number of phosphoric acid groups is 1. The third-order valence-corrected chi connectivity index (χ3v) is 10.6. The number of aromatic nitrogens is 7. The lowest BCUT2D eigenvalue weighted by molar-refractivity contribution is -0.0491. The molecule has 2 bridgehead atoms. The van der Waals surface area contributed by atoms with E-state index in [1.807, 2.05) is 0 Å². The molecule has 3 aliphatic rings. The molecule has 0 spiro atoms. The summed E-state index contributed by atoms with van der Waals surface area (Å²) in [5, 5.41) is 10.7. The number of nitrogens with zero attached hydrogens (tertiary/aromatic N) is 7. The Bertz CT molecular complexity index is 2020. The maximum absolute atomic E-state index is 16.0. The number of phosphoric ester groups is 1. The molecule has 0 aliphatic carbocycles. The van der Waals surface area contributed by atoms with Crippen LogP contribution in [-0.4, -0.2) is 93.5 Å². The standard InChI is InChI=1S/C23H26F2N8O11P2S/c1-31-7-30-19-12(21(31)35)9(24)4-32(19)23-17-15(34)11(42-23)5-40-46(38,47)44-16-10(2-3-39-45(36,37)43-17)41-22(13(16)25)33-8-29-14-18(26)27-6-28-20(14)33/h4,6-8,10-11,13,15-17,22-23,34H,2-3,5H2,1H3,(H,36,37)(H,38,47)(H2,26,27,28)/t10-,11-,13-,15-,16-,17-,22-,23-,46?/m1/s1. The van der Waals surface area contributed by atoms with Gasteiger partial charge in [0.25, 0.3) is 5.56 Å². The topological polar surface area (TPSA) is 239 Å². The van der Waals surface area contributed by atoms with Gasteiger partial charge in [0, 0.05) is 19.7 Å². The molecule has 3 aliphatic heterocycles. The normalized spacial score (nSPS) is 36.9. The average Bonchev–Trinajstić information content (AvgIpc) is 3.74. The van der Waals surface area contributed by atoms with Gasteiger partial charge < -0.3 is 34.3 Å². The van der Waals surface area contributed by atoms with Gasteiger partial charge in [0.15, 0.2) is 41.6 Å². The summed E-state index contributed by atoms with van der Waals surface area (Å²) < 4.78 is 93.8. The fourth-order valence-electron chi connectivity index (χ4n) is 5.72. The minimum Gasteiger partial charge on any atom is -0.387 e. The predicted molar refractivity (Wildman–Crippen MR) is 156 cm³/mol. The zero-order valence-corrected chi connectivity index (χ0v) is 26.6. The molecule has 4 N–H and O–H groups in total. The number of imidazole rings is 1. The zero-order chi connectivity index (χ0) is 33.4. The number of thiol groups is 1. The Morgan fingerprint density at radius 2 is 1.79 bits per heavy atom. The van der Waals surface area contributed by atoms with Gasteiger partial charge in [-0.25, -0.2) is 37.8 Å². The summed E-state index contributed by atoms with van der Waals surface area (Å²) in [7, 11) is -3.67. The van der Waals surface area contributed by atoms with Gasteiger partial charge in [0.05, 0.1) is 32.0 Å². The van der Waals surface area contributed by atoms with E-state index in [2.05, 4.69) is 32.2 Å². The lowest BCUT2D eigenvalue weighted by atomic mass is 10.1. The highest BCUT2D eigenvalue weighted by Gasteiger charge is 2.53. The van der Waals surface area contributed by atoms with Crippen LogP contribution in [0.2, 0.25) is 0 Å². The molecule has 7 rings (SSSR count). The molecule has 24 heteroatoms. The molecule has 10 atom stereocenters. The van der Waals surface area contributed by atoms with Crippen LogP contribution in [-0.2, 0) is 43.7 Å². The van der Waals surface area contributed by atoms with Crippen LogP contribution in [0.5, 0.6) is 0 Å². The van der Waals surface area contributed by atoms with Gasteiger partial charge in [-0.1, -0.05) is 12.2 Å². The Kier molecular flexibility index (Phi) is 8.28. The van der Waals surface area contributed by atoms with Crippen LogP contribution >= 0.6 is 26.9 Å². The van der Waals surface area contributed by atoms with Crippen molar-refractivity contribution < 1.29 is 55.5 Å². The number of aliphatic hydroxyl groups excluding tert-OH is 1. The van der Waals surface area contributed by atoms with Crippen LogP contribution in [0.1, 0.15) is 18.9 Å². The molecule has 19 nitrogen and oxygen atoms in total. The average molecular weight is 723 g/mol. The molecule has 0 amide bonds. The Labute approximate surface area is 266 Å². The first-order valence-corrected chi connectivity index (χ1v) is 18.0. The van der Waals surface area contributed by atoms with Crippen LogP contribution in [0.3, 0.4) is 0 Å². The van der Waals surface area contributed by atoms with Crippen molar-refractivity contribution in [2.24, 2.45) is 7.05 Å². The number of aryl methyl sites for hydroxylation is 1. The van der Waals surface area contributed by atoms with Crippen LogP contribution in [0, 0.1) is 5.82 Å². The number of fused-ring (bicyclic) bond motifs is 5. The van der Waals surface area contributed by atoms with Crippen molar-refractivity contribution >= 4 is 54.9 Å². The molecule has 3 fully saturated rings. The van der Waals surface area contributed by atoms with Crippen molar-refractivity contribution in [3.05, 3.63) is 41.3 Å². The van der Waals surface area contributed by atoms with E-state index in [1.165, 1.54) is 17.9 Å². The van der Waals surface area contributed by atoms with Crippen molar-refractivity contribution in [2.45, 2.75) is 55.6 Å². The Morgan fingerprint density at radius 1 is 1.02 bits per heavy atom. The van der Waals surface area contributed by atoms with Gasteiger partial charge in [-0.3, -0.25) is 27.5 Å². The van der Waals surface area contributed by atoms with Crippen LogP contribution < -0.4 is 11.3 Å². The molecule has 3 saturated heterocycles. The van der Waals surface area contributed by atoms with E-state index in [9.17, 15) is 28.3 Å². The molecule has 47 heavy (non-hydrogen) atoms. The predicted octanol–water partition coefficient (Wildman–Crippen LogP) is 1.14. The molecule has 7 heterocycles. The third-order valence-electron chi connectivity index (χ3n) is 7.93. The van der Waals surface area contributed by atoms with Crippen molar-refractivity contribution in [3.63, 3.8) is 0 Å². The summed E-state index contributed by atoms with van der Waals surface area (Å²) in [6.45, 7) is -5.77. The van der Waals surface area contributed by atoms with E-state index in [-0.39, 0.29) is 29.0 Å².